The Morgan fingerprint density at radius 3 is 1.14 bits per heavy atom. The van der Waals surface area contributed by atoms with Crippen molar-refractivity contribution < 1.29 is 8.83 Å². The van der Waals surface area contributed by atoms with E-state index in [1.807, 2.05) is 30.5 Å². The van der Waals surface area contributed by atoms with Gasteiger partial charge in [0.05, 0.1) is 22.9 Å². The average Bonchev–Trinajstić information content (AvgIpc) is 4.06. The van der Waals surface area contributed by atoms with E-state index in [0.717, 1.165) is 132 Å². The summed E-state index contributed by atoms with van der Waals surface area (Å²) in [5.74, 6) is 0. The molecule has 0 radical (unpaired) electrons. The van der Waals surface area contributed by atoms with E-state index in [4.69, 9.17) is 18.8 Å². The van der Waals surface area contributed by atoms with Crippen molar-refractivity contribution in [3.8, 4) is 78.0 Å². The Kier molecular flexibility index (Phi) is 9.54. The predicted octanol–water partition coefficient (Wildman–Crippen LogP) is 19.4. The van der Waals surface area contributed by atoms with Gasteiger partial charge in [0.1, 0.15) is 22.3 Å². The van der Waals surface area contributed by atoms with Crippen LogP contribution in [0.2, 0.25) is 0 Å². The van der Waals surface area contributed by atoms with E-state index >= 15 is 0 Å². The first kappa shape index (κ1) is 41.8. The van der Waals surface area contributed by atoms with E-state index in [1.54, 1.807) is 0 Å². The van der Waals surface area contributed by atoms with E-state index in [1.165, 1.54) is 22.3 Å². The molecular formula is C70H42N2O2. The van der Waals surface area contributed by atoms with Gasteiger partial charge in [0.2, 0.25) is 0 Å². The van der Waals surface area contributed by atoms with Crippen LogP contribution in [0.5, 0.6) is 0 Å². The van der Waals surface area contributed by atoms with Crippen molar-refractivity contribution in [1.82, 2.24) is 9.97 Å². The first-order chi connectivity index (χ1) is 36.6. The Hall–Kier alpha value is -9.90. The molecule has 15 aromatic rings. The minimum atomic E-state index is 0.769. The smallest absolute Gasteiger partial charge is 0.143 e. The summed E-state index contributed by atoms with van der Waals surface area (Å²) in [5.41, 5.74) is 20.2. The molecule has 3 aromatic heterocycles. The molecule has 74 heavy (non-hydrogen) atoms. The summed E-state index contributed by atoms with van der Waals surface area (Å²) in [6.07, 6.45) is 1.94. The third-order valence-corrected chi connectivity index (χ3v) is 14.9. The van der Waals surface area contributed by atoms with Crippen LogP contribution in [0.4, 0.5) is 0 Å². The third-order valence-electron chi connectivity index (χ3n) is 14.9. The van der Waals surface area contributed by atoms with E-state index < -0.39 is 0 Å². The molecule has 0 aliphatic rings. The molecule has 0 amide bonds. The van der Waals surface area contributed by atoms with E-state index in [-0.39, 0.29) is 0 Å². The average molecular weight is 943 g/mol. The van der Waals surface area contributed by atoms with Gasteiger partial charge in [-0.2, -0.15) is 0 Å². The van der Waals surface area contributed by atoms with Gasteiger partial charge in [0.15, 0.2) is 0 Å². The molecule has 0 unspecified atom stereocenters. The lowest BCUT2D eigenvalue weighted by Gasteiger charge is -2.15. The zero-order chi connectivity index (χ0) is 48.7. The lowest BCUT2D eigenvalue weighted by atomic mass is 9.92. The summed E-state index contributed by atoms with van der Waals surface area (Å²) in [4.78, 5) is 11.0. The van der Waals surface area contributed by atoms with Gasteiger partial charge in [0, 0.05) is 49.0 Å². The second-order valence-corrected chi connectivity index (χ2v) is 19.2. The third kappa shape index (κ3) is 6.92. The van der Waals surface area contributed by atoms with Gasteiger partial charge in [-0.05, 0) is 109 Å². The Morgan fingerprint density at radius 1 is 0.243 bits per heavy atom. The van der Waals surface area contributed by atoms with Gasteiger partial charge in [0.25, 0.3) is 0 Å². The van der Waals surface area contributed by atoms with Crippen LogP contribution in [-0.2, 0) is 0 Å². The maximum absolute atomic E-state index is 6.67. The molecule has 3 heterocycles. The van der Waals surface area contributed by atoms with Gasteiger partial charge in [-0.1, -0.05) is 206 Å². The zero-order valence-electron chi connectivity index (χ0n) is 40.0. The molecule has 12 aromatic carbocycles. The summed E-state index contributed by atoms with van der Waals surface area (Å²) in [7, 11) is 0. The molecule has 344 valence electrons. The van der Waals surface area contributed by atoms with E-state index in [2.05, 4.69) is 224 Å². The molecule has 4 nitrogen and oxygen atoms in total. The maximum atomic E-state index is 6.67. The molecule has 15 rings (SSSR count). The van der Waals surface area contributed by atoms with Crippen molar-refractivity contribution in [2.75, 3.05) is 0 Å². The van der Waals surface area contributed by atoms with Crippen molar-refractivity contribution >= 4 is 76.5 Å². The standard InChI is InChI=1S/C70H42N2O2/c1-3-13-43(14-4-1)45-25-29-47(30-26-45)49-33-35-58-62(40-49)63-41-50(48-31-27-46(28-32-48)44-15-5-2-6-16-44)34-36-59(63)68-67(58)71-42-64(72-68)53-38-51(54-19-11-21-60-56-17-7-9-23-65(56)73-69(54)60)37-52(39-53)55-20-12-22-61-57-18-8-10-24-66(57)74-70(55)61/h1-42H. The molecule has 0 N–H and O–H groups in total. The van der Waals surface area contributed by atoms with Crippen LogP contribution in [0.1, 0.15) is 0 Å². The molecular weight excluding hydrogens is 901 g/mol. The van der Waals surface area contributed by atoms with Gasteiger partial charge in [-0.25, -0.2) is 4.98 Å². The zero-order valence-corrected chi connectivity index (χ0v) is 40.0. The van der Waals surface area contributed by atoms with Crippen LogP contribution in [-0.4, -0.2) is 9.97 Å². The molecule has 0 spiro atoms. The Bertz CT molecular complexity index is 4550. The van der Waals surface area contributed by atoms with Crippen molar-refractivity contribution in [3.05, 3.63) is 255 Å². The Morgan fingerprint density at radius 2 is 0.635 bits per heavy atom. The molecule has 0 atom stereocenters. The molecule has 4 heteroatoms. The molecule has 0 aliphatic heterocycles. The second kappa shape index (κ2) is 16.9. The number of aromatic nitrogens is 2. The fourth-order valence-electron chi connectivity index (χ4n) is 11.2. The molecule has 0 bridgehead atoms. The van der Waals surface area contributed by atoms with Crippen LogP contribution in [0.15, 0.2) is 264 Å². The highest BCUT2D eigenvalue weighted by Crippen LogP contribution is 2.44. The van der Waals surface area contributed by atoms with E-state index in [9.17, 15) is 0 Å². The summed E-state index contributed by atoms with van der Waals surface area (Å²) in [6, 6.07) is 88.5. The van der Waals surface area contributed by atoms with Crippen LogP contribution >= 0.6 is 0 Å². The number of hydrogen-bond acceptors (Lipinski definition) is 4. The molecule has 0 saturated heterocycles. The summed E-state index contributed by atoms with van der Waals surface area (Å²) < 4.78 is 13.3. The Labute approximate surface area is 426 Å². The van der Waals surface area contributed by atoms with Gasteiger partial charge in [-0.15, -0.1) is 0 Å². The highest BCUT2D eigenvalue weighted by atomic mass is 16.3. The molecule has 0 fully saturated rings. The van der Waals surface area contributed by atoms with E-state index in [0.29, 0.717) is 0 Å². The number of furan rings is 2. The van der Waals surface area contributed by atoms with Crippen LogP contribution in [0.3, 0.4) is 0 Å². The first-order valence-corrected chi connectivity index (χ1v) is 25.1. The van der Waals surface area contributed by atoms with Crippen molar-refractivity contribution in [1.29, 1.82) is 0 Å². The quantitative estimate of drug-likeness (QED) is 0.149. The number of benzene rings is 12. The fraction of sp³-hybridized carbons (Fsp3) is 0. The van der Waals surface area contributed by atoms with Crippen LogP contribution in [0, 0.1) is 0 Å². The van der Waals surface area contributed by atoms with Gasteiger partial charge < -0.3 is 8.83 Å². The number of hydrogen-bond donors (Lipinski definition) is 0. The minimum Gasteiger partial charge on any atom is -0.455 e. The minimum absolute atomic E-state index is 0.769. The summed E-state index contributed by atoms with van der Waals surface area (Å²) in [6.45, 7) is 0. The topological polar surface area (TPSA) is 52.1 Å². The number of nitrogens with zero attached hydrogens (tertiary/aromatic N) is 2. The predicted molar refractivity (Wildman–Crippen MR) is 307 cm³/mol. The number of rotatable bonds is 7. The van der Waals surface area contributed by atoms with Gasteiger partial charge in [-0.3, -0.25) is 4.98 Å². The number of para-hydroxylation sites is 4. The first-order valence-electron chi connectivity index (χ1n) is 25.1. The molecule has 0 aliphatic carbocycles. The van der Waals surface area contributed by atoms with Gasteiger partial charge >= 0.3 is 0 Å². The highest BCUT2D eigenvalue weighted by Gasteiger charge is 2.20. The van der Waals surface area contributed by atoms with Crippen LogP contribution < -0.4 is 0 Å². The normalized spacial score (nSPS) is 11.8. The van der Waals surface area contributed by atoms with Crippen molar-refractivity contribution in [2.45, 2.75) is 0 Å². The maximum Gasteiger partial charge on any atom is 0.143 e. The SMILES string of the molecule is c1ccc(-c2ccc(-c3ccc4c(c3)c3cc(-c5ccc(-c6ccccc6)cc5)ccc3c3nc(-c5cc(-c6cccc7c6oc6ccccc67)cc(-c6cccc7c6oc6ccccc67)c5)cnc43)cc2)cc1. The Balaban J connectivity index is 0.935. The van der Waals surface area contributed by atoms with Crippen LogP contribution in [0.25, 0.3) is 154 Å². The second-order valence-electron chi connectivity index (χ2n) is 19.2. The highest BCUT2D eigenvalue weighted by molar-refractivity contribution is 6.24. The van der Waals surface area contributed by atoms with Crippen molar-refractivity contribution in [3.63, 3.8) is 0 Å². The van der Waals surface area contributed by atoms with Crippen molar-refractivity contribution in [2.24, 2.45) is 0 Å². The monoisotopic (exact) mass is 942 g/mol. The lowest BCUT2D eigenvalue weighted by molar-refractivity contribution is 0.670. The summed E-state index contributed by atoms with van der Waals surface area (Å²) >= 11 is 0. The number of fused-ring (bicyclic) bond motifs is 12. The molecule has 0 saturated carbocycles. The lowest BCUT2D eigenvalue weighted by Crippen LogP contribution is -1.94. The fourth-order valence-corrected chi connectivity index (χ4v) is 11.2. The summed E-state index contributed by atoms with van der Waals surface area (Å²) in [5, 5.41) is 8.67. The largest absolute Gasteiger partial charge is 0.455 e.